The smallest absolute Gasteiger partial charge is 0.169 e. The number of nitrogens with zero attached hydrogens (tertiary/aromatic N) is 3. The molecular formula is C22H23F2N5O. The molecule has 0 bridgehead atoms. The molecule has 0 aliphatic carbocycles. The van der Waals surface area contributed by atoms with E-state index in [2.05, 4.69) is 27.2 Å². The van der Waals surface area contributed by atoms with Crippen molar-refractivity contribution in [1.82, 2.24) is 10.2 Å². The number of halogens is 2. The van der Waals surface area contributed by atoms with E-state index in [1.54, 1.807) is 6.07 Å². The summed E-state index contributed by atoms with van der Waals surface area (Å²) < 4.78 is 27.4. The van der Waals surface area contributed by atoms with E-state index in [0.29, 0.717) is 31.4 Å². The minimum atomic E-state index is -1.06. The van der Waals surface area contributed by atoms with Crippen molar-refractivity contribution in [2.24, 2.45) is 5.73 Å². The number of piperidine rings is 1. The molecule has 1 fully saturated rings. The monoisotopic (exact) mass is 411 g/mol. The lowest BCUT2D eigenvalue weighted by Gasteiger charge is -2.42. The van der Waals surface area contributed by atoms with Gasteiger partial charge in [-0.2, -0.15) is 0 Å². The molecule has 0 atom stereocenters. The molecule has 2 aromatic carbocycles. The quantitative estimate of drug-likeness (QED) is 0.609. The summed E-state index contributed by atoms with van der Waals surface area (Å²) in [5.74, 6) is -2.32. The topological polar surface area (TPSA) is 101 Å². The average Bonchev–Trinajstić information content (AvgIpc) is 2.77. The number of nitrogens with two attached hydrogens (primary N) is 2. The molecule has 0 amide bonds. The van der Waals surface area contributed by atoms with Crippen LogP contribution in [0, 0.1) is 11.6 Å². The first kappa shape index (κ1) is 20.0. The summed E-state index contributed by atoms with van der Waals surface area (Å²) in [5.41, 5.74) is 14.0. The number of aromatic hydroxyl groups is 1. The average molecular weight is 411 g/mol. The van der Waals surface area contributed by atoms with Crippen LogP contribution in [0.5, 0.6) is 5.75 Å². The molecule has 1 aromatic heterocycles. The maximum atomic E-state index is 13.8. The van der Waals surface area contributed by atoms with E-state index in [1.165, 1.54) is 5.56 Å². The van der Waals surface area contributed by atoms with Gasteiger partial charge in [0.05, 0.1) is 11.4 Å². The highest BCUT2D eigenvalue weighted by molar-refractivity contribution is 5.74. The lowest BCUT2D eigenvalue weighted by molar-refractivity contribution is 0.340. The zero-order chi connectivity index (χ0) is 21.3. The summed E-state index contributed by atoms with van der Waals surface area (Å²) in [7, 11) is 0. The van der Waals surface area contributed by atoms with E-state index < -0.39 is 17.4 Å². The number of rotatable bonds is 4. The van der Waals surface area contributed by atoms with Crippen molar-refractivity contribution in [1.29, 1.82) is 0 Å². The van der Waals surface area contributed by atoms with Gasteiger partial charge < -0.3 is 21.5 Å². The molecule has 3 aromatic rings. The second-order valence-electron chi connectivity index (χ2n) is 7.62. The summed E-state index contributed by atoms with van der Waals surface area (Å²) in [6.07, 6.45) is 1.65. The Hall–Kier alpha value is -3.26. The third kappa shape index (κ3) is 3.54. The summed E-state index contributed by atoms with van der Waals surface area (Å²) in [5, 5.41) is 17.9. The third-order valence-electron chi connectivity index (χ3n) is 5.94. The zero-order valence-electron chi connectivity index (χ0n) is 16.4. The highest BCUT2D eigenvalue weighted by Crippen LogP contribution is 2.39. The Morgan fingerprint density at radius 2 is 1.73 bits per heavy atom. The summed E-state index contributed by atoms with van der Waals surface area (Å²) in [4.78, 5) is 2.07. The summed E-state index contributed by atoms with van der Waals surface area (Å²) in [6.45, 7) is 1.91. The number of benzene rings is 2. The molecule has 6 nitrogen and oxygen atoms in total. The molecule has 0 saturated carbocycles. The lowest BCUT2D eigenvalue weighted by atomic mass is 9.73. The molecule has 1 aliphatic heterocycles. The van der Waals surface area contributed by atoms with E-state index in [4.69, 9.17) is 11.5 Å². The highest BCUT2D eigenvalue weighted by Gasteiger charge is 2.35. The Bertz CT molecular complexity index is 1050. The van der Waals surface area contributed by atoms with Crippen LogP contribution in [-0.4, -0.2) is 34.9 Å². The Kier molecular flexibility index (Phi) is 5.26. The molecule has 0 unspecified atom stereocenters. The Morgan fingerprint density at radius 3 is 2.40 bits per heavy atom. The molecule has 30 heavy (non-hydrogen) atoms. The van der Waals surface area contributed by atoms with E-state index in [9.17, 15) is 13.9 Å². The molecular weight excluding hydrogens is 388 g/mol. The maximum Gasteiger partial charge on any atom is 0.169 e. The lowest BCUT2D eigenvalue weighted by Crippen LogP contribution is -2.47. The largest absolute Gasteiger partial charge is 0.504 e. The SMILES string of the molecule is NCC1(c2ccccc2)CCN(c2cc(-c3cc(F)cc(F)c3O)nnc2N)CC1. The summed E-state index contributed by atoms with van der Waals surface area (Å²) >= 11 is 0. The van der Waals surface area contributed by atoms with Crippen LogP contribution in [0.15, 0.2) is 48.5 Å². The van der Waals surface area contributed by atoms with E-state index >= 15 is 0 Å². The predicted octanol–water partition coefficient (Wildman–Crippen LogP) is 3.21. The molecule has 1 aliphatic rings. The standard InChI is InChI=1S/C22H23F2N5O/c23-15-10-16(20(30)17(24)11-15)18-12-19(21(26)28-27-18)29-8-6-22(13-25,7-9-29)14-4-2-1-3-5-14/h1-5,10-12,30H,6-9,13,25H2,(H2,26,28). The van der Waals surface area contributed by atoms with Gasteiger partial charge >= 0.3 is 0 Å². The molecule has 5 N–H and O–H groups in total. The van der Waals surface area contributed by atoms with Crippen LogP contribution in [0.1, 0.15) is 18.4 Å². The number of aromatic nitrogens is 2. The normalized spacial score (nSPS) is 15.9. The van der Waals surface area contributed by atoms with Gasteiger partial charge in [-0.25, -0.2) is 8.78 Å². The van der Waals surface area contributed by atoms with Crippen LogP contribution in [0.3, 0.4) is 0 Å². The number of nitrogen functional groups attached to an aromatic ring is 1. The second kappa shape index (κ2) is 7.87. The van der Waals surface area contributed by atoms with Crippen LogP contribution < -0.4 is 16.4 Å². The van der Waals surface area contributed by atoms with E-state index in [-0.39, 0.29) is 22.5 Å². The van der Waals surface area contributed by atoms with Gasteiger partial charge in [-0.15, -0.1) is 10.2 Å². The fourth-order valence-corrected chi connectivity index (χ4v) is 4.12. The number of phenols is 1. The third-order valence-corrected chi connectivity index (χ3v) is 5.94. The minimum absolute atomic E-state index is 0.0705. The first-order chi connectivity index (χ1) is 14.4. The number of hydrogen-bond acceptors (Lipinski definition) is 6. The molecule has 0 radical (unpaired) electrons. The Balaban J connectivity index is 1.63. The molecule has 8 heteroatoms. The fraction of sp³-hybridized carbons (Fsp3) is 0.273. The number of anilines is 2. The van der Waals surface area contributed by atoms with Gasteiger partial charge in [-0.3, -0.25) is 0 Å². The highest BCUT2D eigenvalue weighted by atomic mass is 19.1. The van der Waals surface area contributed by atoms with Gasteiger partial charge in [-0.05, 0) is 30.5 Å². The van der Waals surface area contributed by atoms with E-state index in [1.807, 2.05) is 18.2 Å². The second-order valence-corrected chi connectivity index (χ2v) is 7.62. The van der Waals surface area contributed by atoms with Crippen molar-refractivity contribution < 1.29 is 13.9 Å². The number of phenolic OH excluding ortho intramolecular Hbond substituents is 1. The van der Waals surface area contributed by atoms with Crippen LogP contribution in [0.2, 0.25) is 0 Å². The fourth-order valence-electron chi connectivity index (χ4n) is 4.12. The summed E-state index contributed by atoms with van der Waals surface area (Å²) in [6, 6.07) is 13.5. The van der Waals surface area contributed by atoms with Crippen molar-refractivity contribution >= 4 is 11.5 Å². The first-order valence-electron chi connectivity index (χ1n) is 9.76. The predicted molar refractivity (Wildman–Crippen MR) is 112 cm³/mol. The van der Waals surface area contributed by atoms with Crippen LogP contribution >= 0.6 is 0 Å². The Labute approximate surface area is 173 Å². The van der Waals surface area contributed by atoms with Crippen molar-refractivity contribution in [2.45, 2.75) is 18.3 Å². The Morgan fingerprint density at radius 1 is 1.03 bits per heavy atom. The van der Waals surface area contributed by atoms with Gasteiger partial charge in [0, 0.05) is 36.7 Å². The molecule has 156 valence electrons. The first-order valence-corrected chi connectivity index (χ1v) is 9.76. The minimum Gasteiger partial charge on any atom is -0.504 e. The van der Waals surface area contributed by atoms with Crippen LogP contribution in [-0.2, 0) is 5.41 Å². The molecule has 1 saturated heterocycles. The molecule has 0 spiro atoms. The van der Waals surface area contributed by atoms with Gasteiger partial charge in [-0.1, -0.05) is 30.3 Å². The van der Waals surface area contributed by atoms with Crippen molar-refractivity contribution in [3.8, 4) is 17.0 Å². The van der Waals surface area contributed by atoms with Crippen LogP contribution in [0.4, 0.5) is 20.3 Å². The van der Waals surface area contributed by atoms with Gasteiger partial charge in [0.1, 0.15) is 5.82 Å². The van der Waals surface area contributed by atoms with Gasteiger partial charge in [0.15, 0.2) is 17.4 Å². The van der Waals surface area contributed by atoms with Crippen LogP contribution in [0.25, 0.3) is 11.3 Å². The maximum absolute atomic E-state index is 13.8. The van der Waals surface area contributed by atoms with Crippen molar-refractivity contribution in [2.75, 3.05) is 30.3 Å². The van der Waals surface area contributed by atoms with E-state index in [0.717, 1.165) is 18.9 Å². The zero-order valence-corrected chi connectivity index (χ0v) is 16.4. The van der Waals surface area contributed by atoms with Gasteiger partial charge in [0.25, 0.3) is 0 Å². The van der Waals surface area contributed by atoms with Gasteiger partial charge in [0.2, 0.25) is 0 Å². The molecule has 4 rings (SSSR count). The molecule has 2 heterocycles. The number of hydrogen-bond donors (Lipinski definition) is 3. The van der Waals surface area contributed by atoms with Crippen molar-refractivity contribution in [3.63, 3.8) is 0 Å². The van der Waals surface area contributed by atoms with Crippen molar-refractivity contribution in [3.05, 3.63) is 65.7 Å².